The Bertz CT molecular complexity index is 408. The van der Waals surface area contributed by atoms with Crippen LogP contribution in [0.4, 0.5) is 0 Å². The fourth-order valence-corrected chi connectivity index (χ4v) is 3.47. The second kappa shape index (κ2) is 10.2. The number of hydrogen-bond acceptors (Lipinski definition) is 4. The van der Waals surface area contributed by atoms with E-state index in [9.17, 15) is 8.42 Å². The lowest BCUT2D eigenvalue weighted by atomic mass is 10.1. The Hall–Kier alpha value is -0.560. The highest BCUT2D eigenvalue weighted by atomic mass is 32.2. The minimum Gasteiger partial charge on any atom is -0.290 e. The van der Waals surface area contributed by atoms with Crippen LogP contribution >= 0.6 is 0 Å². The summed E-state index contributed by atoms with van der Waals surface area (Å²) in [5.41, 5.74) is 1.80. The van der Waals surface area contributed by atoms with Crippen molar-refractivity contribution in [2.75, 3.05) is 13.2 Å². The van der Waals surface area contributed by atoms with Crippen LogP contribution < -0.4 is 0 Å². The van der Waals surface area contributed by atoms with Crippen LogP contribution in [-0.4, -0.2) is 21.6 Å². The first-order chi connectivity index (χ1) is 9.67. The van der Waals surface area contributed by atoms with Gasteiger partial charge in [0.05, 0.1) is 24.7 Å². The normalized spacial score (nSPS) is 14.1. The van der Waals surface area contributed by atoms with Crippen LogP contribution in [0.25, 0.3) is 0 Å². The van der Waals surface area contributed by atoms with Gasteiger partial charge in [-0.1, -0.05) is 38.1 Å². The first-order valence-corrected chi connectivity index (χ1v) is 9.26. The van der Waals surface area contributed by atoms with Crippen molar-refractivity contribution in [3.63, 3.8) is 0 Å². The quantitative estimate of drug-likeness (QED) is 0.665. The maximum absolute atomic E-state index is 11.8. The van der Waals surface area contributed by atoms with Gasteiger partial charge < -0.3 is 0 Å². The molecule has 1 aromatic rings. The van der Waals surface area contributed by atoms with E-state index in [1.165, 1.54) is 0 Å². The molecule has 1 aromatic carbocycles. The Morgan fingerprint density at radius 2 is 1.25 bits per heavy atom. The molecule has 0 aliphatic carbocycles. The number of benzene rings is 1. The molecule has 0 aliphatic rings. The van der Waals surface area contributed by atoms with Crippen LogP contribution in [-0.2, 0) is 42.0 Å². The van der Waals surface area contributed by atoms with Gasteiger partial charge in [-0.05, 0) is 24.0 Å². The second-order valence-electron chi connectivity index (χ2n) is 4.31. The fourth-order valence-electron chi connectivity index (χ4n) is 1.53. The summed E-state index contributed by atoms with van der Waals surface area (Å²) in [6.45, 7) is 4.92. The lowest BCUT2D eigenvalue weighted by Gasteiger charge is -2.09. The van der Waals surface area contributed by atoms with Crippen LogP contribution in [0.2, 0.25) is 0 Å². The third-order valence-corrected chi connectivity index (χ3v) is 4.46. The van der Waals surface area contributed by atoms with Crippen molar-refractivity contribution in [1.29, 1.82) is 0 Å². The van der Waals surface area contributed by atoms with Gasteiger partial charge in [0, 0.05) is 0 Å². The molecule has 0 saturated heterocycles. The molecule has 0 bridgehead atoms. The highest BCUT2D eigenvalue weighted by Gasteiger charge is 2.10. The first kappa shape index (κ1) is 17.5. The van der Waals surface area contributed by atoms with Gasteiger partial charge in [0.15, 0.2) is 22.2 Å². The van der Waals surface area contributed by atoms with E-state index in [1.807, 2.05) is 38.1 Å². The monoisotopic (exact) mass is 318 g/mol. The Labute approximate surface area is 126 Å². The molecule has 0 spiro atoms. The van der Waals surface area contributed by atoms with Crippen LogP contribution in [0.3, 0.4) is 0 Å². The Morgan fingerprint density at radius 3 is 1.60 bits per heavy atom. The van der Waals surface area contributed by atoms with Crippen molar-refractivity contribution < 1.29 is 16.8 Å². The zero-order valence-corrected chi connectivity index (χ0v) is 13.6. The summed E-state index contributed by atoms with van der Waals surface area (Å²) in [7, 11) is 0. The van der Waals surface area contributed by atoms with Gasteiger partial charge in [0.25, 0.3) is 0 Å². The van der Waals surface area contributed by atoms with E-state index in [4.69, 9.17) is 8.37 Å². The first-order valence-electron chi connectivity index (χ1n) is 6.77. The maximum Gasteiger partial charge on any atom is 0.159 e. The lowest BCUT2D eigenvalue weighted by molar-refractivity contribution is 0.345. The van der Waals surface area contributed by atoms with Gasteiger partial charge in [-0.25, -0.2) is 8.42 Å². The summed E-state index contributed by atoms with van der Waals surface area (Å²) in [5, 5.41) is 0. The van der Waals surface area contributed by atoms with Crippen molar-refractivity contribution in [2.24, 2.45) is 0 Å². The standard InChI is InChI=1S/C14H22O4S2/c1-3-9-17-19(15)11-13-7-5-6-8-14(13)12-20(16)18-10-4-2/h5-8H,3-4,9-12H2,1-2H3. The Morgan fingerprint density at radius 1 is 0.850 bits per heavy atom. The Kier molecular flexibility index (Phi) is 8.93. The van der Waals surface area contributed by atoms with Gasteiger partial charge in [-0.3, -0.25) is 8.37 Å². The third kappa shape index (κ3) is 6.74. The van der Waals surface area contributed by atoms with Crippen LogP contribution in [0.5, 0.6) is 0 Å². The van der Waals surface area contributed by atoms with Gasteiger partial charge in [0.2, 0.25) is 0 Å². The van der Waals surface area contributed by atoms with Gasteiger partial charge >= 0.3 is 0 Å². The number of hydrogen-bond donors (Lipinski definition) is 0. The molecular weight excluding hydrogens is 296 g/mol. The topological polar surface area (TPSA) is 52.6 Å². The van der Waals surface area contributed by atoms with E-state index in [-0.39, 0.29) is 0 Å². The van der Waals surface area contributed by atoms with Crippen molar-refractivity contribution in [1.82, 2.24) is 0 Å². The summed E-state index contributed by atoms with van der Waals surface area (Å²) >= 11 is -2.68. The molecule has 2 unspecified atom stereocenters. The van der Waals surface area contributed by atoms with E-state index < -0.39 is 22.2 Å². The van der Waals surface area contributed by atoms with Crippen molar-refractivity contribution in [3.05, 3.63) is 35.4 Å². The molecular formula is C14H22O4S2. The SMILES string of the molecule is CCCOS(=O)Cc1ccccc1CS(=O)OCCC. The maximum atomic E-state index is 11.8. The molecule has 4 nitrogen and oxygen atoms in total. The fraction of sp³-hybridized carbons (Fsp3) is 0.571. The van der Waals surface area contributed by atoms with E-state index in [2.05, 4.69) is 0 Å². The molecule has 0 amide bonds. The molecule has 0 radical (unpaired) electrons. The van der Waals surface area contributed by atoms with Crippen molar-refractivity contribution in [3.8, 4) is 0 Å². The summed E-state index contributed by atoms with van der Waals surface area (Å²) < 4.78 is 33.9. The van der Waals surface area contributed by atoms with Crippen molar-refractivity contribution in [2.45, 2.75) is 38.2 Å². The zero-order valence-electron chi connectivity index (χ0n) is 12.0. The number of rotatable bonds is 10. The van der Waals surface area contributed by atoms with Gasteiger partial charge in [-0.15, -0.1) is 0 Å². The molecule has 0 aromatic heterocycles. The molecule has 2 atom stereocenters. The van der Waals surface area contributed by atoms with E-state index in [0.717, 1.165) is 24.0 Å². The molecule has 20 heavy (non-hydrogen) atoms. The van der Waals surface area contributed by atoms with E-state index in [1.54, 1.807) is 0 Å². The van der Waals surface area contributed by atoms with Gasteiger partial charge in [0.1, 0.15) is 0 Å². The summed E-state index contributed by atoms with van der Waals surface area (Å²) in [6.07, 6.45) is 1.67. The summed E-state index contributed by atoms with van der Waals surface area (Å²) in [5.74, 6) is 0.641. The molecule has 1 rings (SSSR count). The molecule has 114 valence electrons. The van der Waals surface area contributed by atoms with E-state index >= 15 is 0 Å². The highest BCUT2D eigenvalue weighted by molar-refractivity contribution is 7.79. The van der Waals surface area contributed by atoms with Crippen LogP contribution in [0, 0.1) is 0 Å². The molecule has 0 heterocycles. The van der Waals surface area contributed by atoms with Gasteiger partial charge in [-0.2, -0.15) is 0 Å². The summed E-state index contributed by atoms with van der Waals surface area (Å²) in [6, 6.07) is 7.54. The molecule has 0 N–H and O–H groups in total. The van der Waals surface area contributed by atoms with Crippen molar-refractivity contribution >= 4 is 22.2 Å². The zero-order chi connectivity index (χ0) is 14.8. The average molecular weight is 318 g/mol. The Balaban J connectivity index is 2.63. The predicted octanol–water partition coefficient (Wildman–Crippen LogP) is 2.87. The van der Waals surface area contributed by atoms with Crippen LogP contribution in [0.15, 0.2) is 24.3 Å². The largest absolute Gasteiger partial charge is 0.290 e. The minimum atomic E-state index is -1.34. The summed E-state index contributed by atoms with van der Waals surface area (Å²) in [4.78, 5) is 0. The van der Waals surface area contributed by atoms with Crippen LogP contribution in [0.1, 0.15) is 37.8 Å². The smallest absolute Gasteiger partial charge is 0.159 e. The highest BCUT2D eigenvalue weighted by Crippen LogP contribution is 2.14. The van der Waals surface area contributed by atoms with E-state index in [0.29, 0.717) is 24.7 Å². The minimum absolute atomic E-state index is 0.321. The predicted molar refractivity (Wildman–Crippen MR) is 82.6 cm³/mol. The molecule has 0 fully saturated rings. The third-order valence-electron chi connectivity index (χ3n) is 2.50. The lowest BCUT2D eigenvalue weighted by Crippen LogP contribution is -2.07. The molecule has 0 saturated carbocycles. The second-order valence-corrected chi connectivity index (χ2v) is 6.57. The molecule has 0 aliphatic heterocycles. The molecule has 6 heteroatoms. The average Bonchev–Trinajstić information content (AvgIpc) is 2.45.